The molecule has 3 aromatic carbocycles. The second-order valence-electron chi connectivity index (χ2n) is 11.4. The third-order valence-corrected chi connectivity index (χ3v) is 8.75. The lowest BCUT2D eigenvalue weighted by Gasteiger charge is -2.35. The molecule has 41 heavy (non-hydrogen) atoms. The van der Waals surface area contributed by atoms with Crippen molar-refractivity contribution in [1.29, 1.82) is 0 Å². The molecule has 0 heterocycles. The molecule has 7 heteroatoms. The van der Waals surface area contributed by atoms with Crippen LogP contribution in [-0.4, -0.2) is 12.2 Å². The highest BCUT2D eigenvalue weighted by Gasteiger charge is 2.43. The molecule has 1 fully saturated rings. The van der Waals surface area contributed by atoms with Gasteiger partial charge in [0.2, 0.25) is 0 Å². The van der Waals surface area contributed by atoms with Crippen molar-refractivity contribution in [2.24, 2.45) is 11.8 Å². The van der Waals surface area contributed by atoms with Crippen molar-refractivity contribution in [1.82, 2.24) is 0 Å². The number of benzene rings is 3. The van der Waals surface area contributed by atoms with Crippen LogP contribution in [0.25, 0.3) is 22.3 Å². The smallest absolute Gasteiger partial charge is 0.317 e. The Morgan fingerprint density at radius 2 is 1.32 bits per heavy atom. The van der Waals surface area contributed by atoms with Crippen LogP contribution in [0, 0.1) is 42.0 Å². The van der Waals surface area contributed by atoms with Crippen molar-refractivity contribution in [2.45, 2.75) is 76.9 Å². The molecular weight excluding hydrogens is 538 g/mol. The minimum Gasteiger partial charge on any atom is -0.317 e. The van der Waals surface area contributed by atoms with Gasteiger partial charge in [-0.3, -0.25) is 0 Å². The van der Waals surface area contributed by atoms with Gasteiger partial charge in [0, 0.05) is 16.7 Å². The fraction of sp³-hybridized carbons (Fsp3) is 0.412. The Bertz CT molecular complexity index is 1400. The standard InChI is InChI=1S/C34H34F6O/c1-3-21-4-10-26(11-5-21)34(39,40)41-27-12-6-22(7-13-27)23-8-14-28(32(37)16-23)24-9-15-29(33(38)17-24)25-18-30(35)20(2)31(36)19-25/h4,8-10,14-19,21-22,26-27H,3,5-7,11-13H2,1-2H3. The number of ether oxygens (including phenoxy) is 1. The summed E-state index contributed by atoms with van der Waals surface area (Å²) < 4.78 is 93.1. The lowest BCUT2D eigenvalue weighted by atomic mass is 9.82. The number of allylic oxidation sites excluding steroid dienone is 1. The minimum atomic E-state index is -3.20. The van der Waals surface area contributed by atoms with E-state index in [4.69, 9.17) is 4.74 Å². The van der Waals surface area contributed by atoms with Crippen LogP contribution in [0.4, 0.5) is 26.3 Å². The molecule has 1 nitrogen and oxygen atoms in total. The molecule has 2 atom stereocenters. The number of halogens is 6. The maximum absolute atomic E-state index is 15.2. The third-order valence-electron chi connectivity index (χ3n) is 8.75. The van der Waals surface area contributed by atoms with E-state index in [1.165, 1.54) is 25.1 Å². The van der Waals surface area contributed by atoms with Gasteiger partial charge in [-0.25, -0.2) is 17.6 Å². The quantitative estimate of drug-likeness (QED) is 0.202. The van der Waals surface area contributed by atoms with Crippen LogP contribution in [-0.2, 0) is 4.74 Å². The van der Waals surface area contributed by atoms with Gasteiger partial charge >= 0.3 is 6.11 Å². The van der Waals surface area contributed by atoms with E-state index in [2.05, 4.69) is 6.92 Å². The van der Waals surface area contributed by atoms with Gasteiger partial charge in [0.15, 0.2) is 0 Å². The van der Waals surface area contributed by atoms with Crippen LogP contribution in [0.3, 0.4) is 0 Å². The Kier molecular flexibility index (Phi) is 8.65. The van der Waals surface area contributed by atoms with Crippen LogP contribution in [0.5, 0.6) is 0 Å². The molecule has 0 spiro atoms. The zero-order valence-electron chi connectivity index (χ0n) is 23.2. The van der Waals surface area contributed by atoms with Crippen LogP contribution in [0.15, 0.2) is 60.7 Å². The molecule has 0 aromatic heterocycles. The average Bonchev–Trinajstić information content (AvgIpc) is 2.96. The molecule has 5 rings (SSSR count). The molecule has 2 unspecified atom stereocenters. The molecule has 2 aliphatic carbocycles. The Morgan fingerprint density at radius 1 is 0.707 bits per heavy atom. The summed E-state index contributed by atoms with van der Waals surface area (Å²) in [6.07, 6.45) is 3.98. The molecule has 0 radical (unpaired) electrons. The van der Waals surface area contributed by atoms with Crippen molar-refractivity contribution in [2.75, 3.05) is 0 Å². The molecule has 0 N–H and O–H groups in total. The summed E-state index contributed by atoms with van der Waals surface area (Å²) in [6, 6.07) is 11.0. The predicted octanol–water partition coefficient (Wildman–Crippen LogP) is 10.5. The fourth-order valence-corrected chi connectivity index (χ4v) is 6.06. The topological polar surface area (TPSA) is 9.23 Å². The van der Waals surface area contributed by atoms with Gasteiger partial charge in [0.25, 0.3) is 0 Å². The summed E-state index contributed by atoms with van der Waals surface area (Å²) in [7, 11) is 0. The lowest BCUT2D eigenvalue weighted by Crippen LogP contribution is -2.37. The fourth-order valence-electron chi connectivity index (χ4n) is 6.06. The molecule has 2 aliphatic rings. The highest BCUT2D eigenvalue weighted by atomic mass is 19.3. The maximum atomic E-state index is 15.2. The van der Waals surface area contributed by atoms with Crippen molar-refractivity contribution >= 4 is 0 Å². The van der Waals surface area contributed by atoms with Crippen LogP contribution >= 0.6 is 0 Å². The largest absolute Gasteiger partial charge is 0.362 e. The van der Waals surface area contributed by atoms with Gasteiger partial charge < -0.3 is 4.74 Å². The Morgan fingerprint density at radius 3 is 1.90 bits per heavy atom. The van der Waals surface area contributed by atoms with Gasteiger partial charge in [0.1, 0.15) is 23.3 Å². The van der Waals surface area contributed by atoms with Gasteiger partial charge in [-0.1, -0.05) is 43.3 Å². The lowest BCUT2D eigenvalue weighted by molar-refractivity contribution is -0.289. The van der Waals surface area contributed by atoms with Gasteiger partial charge in [-0.15, -0.1) is 0 Å². The van der Waals surface area contributed by atoms with E-state index >= 15 is 4.39 Å². The van der Waals surface area contributed by atoms with Crippen molar-refractivity contribution in [3.63, 3.8) is 0 Å². The summed E-state index contributed by atoms with van der Waals surface area (Å²) in [6.45, 7) is 3.36. The number of alkyl halides is 2. The van der Waals surface area contributed by atoms with Gasteiger partial charge in [-0.2, -0.15) is 8.78 Å². The van der Waals surface area contributed by atoms with Crippen LogP contribution < -0.4 is 0 Å². The summed E-state index contributed by atoms with van der Waals surface area (Å²) >= 11 is 0. The van der Waals surface area contributed by atoms with Gasteiger partial charge in [-0.05, 0) is 105 Å². The second kappa shape index (κ2) is 12.0. The number of hydrogen-bond acceptors (Lipinski definition) is 1. The second-order valence-corrected chi connectivity index (χ2v) is 11.4. The minimum absolute atomic E-state index is 0.0114. The molecule has 0 saturated heterocycles. The molecule has 1 saturated carbocycles. The number of rotatable bonds is 7. The molecular formula is C34H34F6O. The first-order chi connectivity index (χ1) is 19.6. The SMILES string of the molecule is CCC1C=CC(C(F)(F)OC2CCC(c3ccc(-c4ccc(-c5cc(F)c(C)c(F)c5)c(F)c4)c(F)c3)CC2)CC1. The van der Waals surface area contributed by atoms with Crippen LogP contribution in [0.1, 0.15) is 68.9 Å². The Hall–Kier alpha value is -3.06. The molecule has 3 aromatic rings. The Balaban J connectivity index is 1.23. The number of hydrogen-bond donors (Lipinski definition) is 0. The van der Waals surface area contributed by atoms with Gasteiger partial charge in [0.05, 0.1) is 12.0 Å². The molecule has 0 aliphatic heterocycles. The summed E-state index contributed by atoms with van der Waals surface area (Å²) in [4.78, 5) is 0. The zero-order chi connectivity index (χ0) is 29.3. The highest BCUT2D eigenvalue weighted by Crippen LogP contribution is 2.42. The maximum Gasteiger partial charge on any atom is 0.362 e. The summed E-state index contributed by atoms with van der Waals surface area (Å²) in [5, 5.41) is 0. The van der Waals surface area contributed by atoms with E-state index in [1.54, 1.807) is 18.2 Å². The molecule has 0 amide bonds. The van der Waals surface area contributed by atoms with Crippen LogP contribution in [0.2, 0.25) is 0 Å². The highest BCUT2D eigenvalue weighted by molar-refractivity contribution is 5.72. The van der Waals surface area contributed by atoms with E-state index in [0.717, 1.165) is 36.6 Å². The third kappa shape index (κ3) is 6.40. The summed E-state index contributed by atoms with van der Waals surface area (Å²) in [5.74, 6) is -3.32. The monoisotopic (exact) mass is 572 g/mol. The van der Waals surface area contributed by atoms with E-state index in [-0.39, 0.29) is 28.2 Å². The van der Waals surface area contributed by atoms with Crippen molar-refractivity contribution in [3.05, 3.63) is 95.1 Å². The average molecular weight is 573 g/mol. The van der Waals surface area contributed by atoms with E-state index in [9.17, 15) is 22.0 Å². The summed E-state index contributed by atoms with van der Waals surface area (Å²) in [5.41, 5.74) is 1.18. The van der Waals surface area contributed by atoms with E-state index < -0.39 is 41.4 Å². The van der Waals surface area contributed by atoms with Crippen molar-refractivity contribution in [3.8, 4) is 22.3 Å². The van der Waals surface area contributed by atoms with E-state index in [1.807, 2.05) is 6.08 Å². The molecule has 218 valence electrons. The predicted molar refractivity (Wildman–Crippen MR) is 149 cm³/mol. The normalized spacial score (nSPS) is 23.1. The molecule has 0 bridgehead atoms. The first kappa shape index (κ1) is 29.4. The first-order valence-electron chi connectivity index (χ1n) is 14.3. The van der Waals surface area contributed by atoms with E-state index in [0.29, 0.717) is 43.6 Å². The van der Waals surface area contributed by atoms with Crippen molar-refractivity contribution < 1.29 is 31.1 Å². The zero-order valence-corrected chi connectivity index (χ0v) is 23.2. The first-order valence-corrected chi connectivity index (χ1v) is 14.3. The Labute approximate surface area is 237 Å².